The van der Waals surface area contributed by atoms with Crippen LogP contribution in [0.1, 0.15) is 0 Å². The molecule has 21 heavy (non-hydrogen) atoms. The van der Waals surface area contributed by atoms with E-state index in [4.69, 9.17) is 4.74 Å². The Kier molecular flexibility index (Phi) is 2.60. The number of nitrogens with one attached hydrogen (secondary N) is 1. The van der Waals surface area contributed by atoms with Crippen molar-refractivity contribution in [2.45, 2.75) is 0 Å². The van der Waals surface area contributed by atoms with Crippen molar-refractivity contribution in [3.8, 4) is 17.0 Å². The highest BCUT2D eigenvalue weighted by Crippen LogP contribution is 2.29. The Bertz CT molecular complexity index is 929. The Morgan fingerprint density at radius 2 is 1.86 bits per heavy atom. The number of hydrogen-bond donors (Lipinski definition) is 1. The first-order valence-corrected chi connectivity index (χ1v) is 6.73. The molecular formula is C17H13N3O. The normalized spacial score (nSPS) is 11.1. The summed E-state index contributed by atoms with van der Waals surface area (Å²) in [6, 6.07) is 18.1. The van der Waals surface area contributed by atoms with E-state index in [-0.39, 0.29) is 0 Å². The van der Waals surface area contributed by atoms with Crippen molar-refractivity contribution in [3.63, 3.8) is 0 Å². The summed E-state index contributed by atoms with van der Waals surface area (Å²) in [4.78, 5) is 4.60. The van der Waals surface area contributed by atoms with E-state index in [2.05, 4.69) is 33.4 Å². The fourth-order valence-corrected chi connectivity index (χ4v) is 2.53. The smallest absolute Gasteiger partial charge is 0.182 e. The Morgan fingerprint density at radius 1 is 1.00 bits per heavy atom. The predicted octanol–water partition coefficient (Wildman–Crippen LogP) is 3.79. The molecule has 2 aromatic carbocycles. The van der Waals surface area contributed by atoms with Gasteiger partial charge in [-0.15, -0.1) is 0 Å². The fourth-order valence-electron chi connectivity index (χ4n) is 2.53. The van der Waals surface area contributed by atoms with Gasteiger partial charge in [0.2, 0.25) is 0 Å². The molecule has 0 amide bonds. The summed E-state index contributed by atoms with van der Waals surface area (Å²) in [6.07, 6.45) is 0. The summed E-state index contributed by atoms with van der Waals surface area (Å²) in [5.74, 6) is 0.827. The minimum Gasteiger partial charge on any atom is -0.497 e. The Balaban J connectivity index is 2.00. The topological polar surface area (TPSA) is 50.8 Å². The lowest BCUT2D eigenvalue weighted by molar-refractivity contribution is 0.415. The van der Waals surface area contributed by atoms with E-state index in [1.165, 1.54) is 0 Å². The number of aromatic amines is 1. The molecule has 2 heterocycles. The Hall–Kier alpha value is -2.88. The van der Waals surface area contributed by atoms with Crippen molar-refractivity contribution in [2.24, 2.45) is 0 Å². The zero-order chi connectivity index (χ0) is 14.2. The molecule has 4 rings (SSSR count). The van der Waals surface area contributed by atoms with Crippen LogP contribution in [0.15, 0.2) is 54.6 Å². The molecule has 0 atom stereocenters. The van der Waals surface area contributed by atoms with Crippen molar-refractivity contribution in [3.05, 3.63) is 54.6 Å². The van der Waals surface area contributed by atoms with E-state index in [9.17, 15) is 0 Å². The highest BCUT2D eigenvalue weighted by molar-refractivity contribution is 5.98. The lowest BCUT2D eigenvalue weighted by Gasteiger charge is -2.03. The molecule has 2 aromatic heterocycles. The average molecular weight is 275 g/mol. The van der Waals surface area contributed by atoms with E-state index < -0.39 is 0 Å². The quantitative estimate of drug-likeness (QED) is 0.605. The molecule has 0 radical (unpaired) electrons. The Labute approximate surface area is 121 Å². The summed E-state index contributed by atoms with van der Waals surface area (Å²) >= 11 is 0. The second-order valence-corrected chi connectivity index (χ2v) is 4.88. The third-order valence-electron chi connectivity index (χ3n) is 3.61. The first kappa shape index (κ1) is 11.9. The van der Waals surface area contributed by atoms with Gasteiger partial charge < -0.3 is 4.74 Å². The number of benzene rings is 2. The van der Waals surface area contributed by atoms with Crippen LogP contribution in [-0.4, -0.2) is 22.3 Å². The maximum absolute atomic E-state index is 5.28. The van der Waals surface area contributed by atoms with Crippen LogP contribution in [0.25, 0.3) is 33.2 Å². The zero-order valence-corrected chi connectivity index (χ0v) is 11.5. The first-order chi connectivity index (χ1) is 10.3. The number of fused-ring (bicyclic) bond motifs is 2. The van der Waals surface area contributed by atoms with E-state index in [0.29, 0.717) is 0 Å². The summed E-state index contributed by atoms with van der Waals surface area (Å²) in [7, 11) is 1.67. The minimum atomic E-state index is 0.728. The molecule has 0 aliphatic rings. The van der Waals surface area contributed by atoms with Gasteiger partial charge in [-0.1, -0.05) is 30.3 Å². The lowest BCUT2D eigenvalue weighted by Crippen LogP contribution is -1.85. The highest BCUT2D eigenvalue weighted by atomic mass is 16.5. The van der Waals surface area contributed by atoms with E-state index in [1.54, 1.807) is 7.11 Å². The third-order valence-corrected chi connectivity index (χ3v) is 3.61. The number of nitrogens with zero attached hydrogens (tertiary/aromatic N) is 2. The molecule has 4 nitrogen and oxygen atoms in total. The number of aromatic nitrogens is 3. The van der Waals surface area contributed by atoms with E-state index in [1.807, 2.05) is 36.4 Å². The van der Waals surface area contributed by atoms with E-state index >= 15 is 0 Å². The number of rotatable bonds is 2. The van der Waals surface area contributed by atoms with Crippen LogP contribution in [-0.2, 0) is 0 Å². The molecule has 1 N–H and O–H groups in total. The van der Waals surface area contributed by atoms with Gasteiger partial charge in [0.05, 0.1) is 18.3 Å². The van der Waals surface area contributed by atoms with Crippen molar-refractivity contribution in [1.82, 2.24) is 15.2 Å². The average Bonchev–Trinajstić information content (AvgIpc) is 2.95. The maximum atomic E-state index is 5.28. The molecule has 0 saturated heterocycles. The van der Waals surface area contributed by atoms with Gasteiger partial charge in [-0.2, -0.15) is 5.10 Å². The summed E-state index contributed by atoms with van der Waals surface area (Å²) in [6.45, 7) is 0. The number of pyridine rings is 1. The molecule has 4 aromatic rings. The van der Waals surface area contributed by atoms with Crippen LogP contribution < -0.4 is 4.74 Å². The molecule has 0 bridgehead atoms. The third kappa shape index (κ3) is 1.92. The van der Waals surface area contributed by atoms with Crippen LogP contribution >= 0.6 is 0 Å². The second-order valence-electron chi connectivity index (χ2n) is 4.88. The zero-order valence-electron chi connectivity index (χ0n) is 11.5. The van der Waals surface area contributed by atoms with Gasteiger partial charge in [0.15, 0.2) is 5.65 Å². The van der Waals surface area contributed by atoms with Crippen molar-refractivity contribution in [2.75, 3.05) is 7.11 Å². The van der Waals surface area contributed by atoms with Gasteiger partial charge in [-0.25, -0.2) is 4.98 Å². The second kappa shape index (κ2) is 4.59. The van der Waals surface area contributed by atoms with Crippen molar-refractivity contribution < 1.29 is 4.74 Å². The van der Waals surface area contributed by atoms with Crippen LogP contribution in [0.4, 0.5) is 0 Å². The van der Waals surface area contributed by atoms with Gasteiger partial charge in [0.25, 0.3) is 0 Å². The molecule has 0 spiro atoms. The standard InChI is InChI=1S/C17H13N3O/c1-21-13-7-8-15-12(9-13)10-14-16(19-20-17(14)18-15)11-5-3-2-4-6-11/h2-10H,1H3,(H,18,19,20). The summed E-state index contributed by atoms with van der Waals surface area (Å²) in [5, 5.41) is 9.47. The molecule has 0 fully saturated rings. The number of ether oxygens (including phenoxy) is 1. The van der Waals surface area contributed by atoms with Crippen molar-refractivity contribution >= 4 is 21.9 Å². The minimum absolute atomic E-state index is 0.728. The predicted molar refractivity (Wildman–Crippen MR) is 83.4 cm³/mol. The molecule has 0 saturated carbocycles. The van der Waals surface area contributed by atoms with Gasteiger partial charge in [0.1, 0.15) is 5.75 Å². The van der Waals surface area contributed by atoms with Gasteiger partial charge in [0, 0.05) is 16.3 Å². The van der Waals surface area contributed by atoms with Crippen LogP contribution in [0.3, 0.4) is 0 Å². The first-order valence-electron chi connectivity index (χ1n) is 6.73. The molecule has 0 aliphatic carbocycles. The van der Waals surface area contributed by atoms with Crippen LogP contribution in [0, 0.1) is 0 Å². The molecular weight excluding hydrogens is 262 g/mol. The molecule has 102 valence electrons. The maximum Gasteiger partial charge on any atom is 0.182 e. The summed E-state index contributed by atoms with van der Waals surface area (Å²) < 4.78 is 5.28. The molecule has 0 aliphatic heterocycles. The lowest BCUT2D eigenvalue weighted by atomic mass is 10.1. The van der Waals surface area contributed by atoms with Crippen LogP contribution in [0.5, 0.6) is 5.75 Å². The van der Waals surface area contributed by atoms with Crippen LogP contribution in [0.2, 0.25) is 0 Å². The Morgan fingerprint density at radius 3 is 2.67 bits per heavy atom. The van der Waals surface area contributed by atoms with Gasteiger partial charge in [-0.05, 0) is 24.3 Å². The molecule has 0 unspecified atom stereocenters. The van der Waals surface area contributed by atoms with E-state index in [0.717, 1.165) is 38.9 Å². The number of methoxy groups -OCH3 is 1. The largest absolute Gasteiger partial charge is 0.497 e. The summed E-state index contributed by atoms with van der Waals surface area (Å²) in [5.41, 5.74) is 3.73. The fraction of sp³-hybridized carbons (Fsp3) is 0.0588. The highest BCUT2D eigenvalue weighted by Gasteiger charge is 2.10. The SMILES string of the molecule is COc1ccc2nc3n[nH]c(-c4ccccc4)c3cc2c1. The molecule has 4 heteroatoms. The van der Waals surface area contributed by atoms with Gasteiger partial charge in [-0.3, -0.25) is 5.10 Å². The number of hydrogen-bond acceptors (Lipinski definition) is 3. The number of H-pyrrole nitrogens is 1. The van der Waals surface area contributed by atoms with Crippen molar-refractivity contribution in [1.29, 1.82) is 0 Å². The van der Waals surface area contributed by atoms with Gasteiger partial charge >= 0.3 is 0 Å². The monoisotopic (exact) mass is 275 g/mol.